The van der Waals surface area contributed by atoms with E-state index in [0.29, 0.717) is 27.2 Å². The van der Waals surface area contributed by atoms with Crippen LogP contribution >= 0.6 is 23.1 Å². The Morgan fingerprint density at radius 1 is 1.14 bits per heavy atom. The van der Waals surface area contributed by atoms with Crippen LogP contribution in [0.5, 0.6) is 5.75 Å². The van der Waals surface area contributed by atoms with Gasteiger partial charge in [0.05, 0.1) is 18.5 Å². The van der Waals surface area contributed by atoms with Gasteiger partial charge < -0.3 is 4.74 Å². The Morgan fingerprint density at radius 2 is 1.86 bits per heavy atom. The standard InChI is InChI=1S/C19H15ClN6O2S/c1-11-16(23-25-26(11)14-7-9-15(28-2)10-8-14)17-21-19(29-24-17)22-18(27)12-3-5-13(20)6-4-12/h3-10H,1-2H3,(H,21,22,24,27). The van der Waals surface area contributed by atoms with Crippen molar-refractivity contribution < 1.29 is 9.53 Å². The molecule has 0 unspecified atom stereocenters. The summed E-state index contributed by atoms with van der Waals surface area (Å²) in [7, 11) is 1.62. The summed E-state index contributed by atoms with van der Waals surface area (Å²) in [6.07, 6.45) is 0. The smallest absolute Gasteiger partial charge is 0.257 e. The van der Waals surface area contributed by atoms with Crippen LogP contribution in [0.25, 0.3) is 17.2 Å². The average Bonchev–Trinajstić information content (AvgIpc) is 3.35. The lowest BCUT2D eigenvalue weighted by Gasteiger charge is -2.04. The number of hydrogen-bond acceptors (Lipinski definition) is 7. The maximum atomic E-state index is 12.3. The summed E-state index contributed by atoms with van der Waals surface area (Å²) in [5, 5.41) is 12.1. The lowest BCUT2D eigenvalue weighted by atomic mass is 10.2. The van der Waals surface area contributed by atoms with Crippen molar-refractivity contribution in [1.82, 2.24) is 24.4 Å². The third-order valence-corrected chi connectivity index (χ3v) is 5.06. The largest absolute Gasteiger partial charge is 0.497 e. The van der Waals surface area contributed by atoms with Gasteiger partial charge in [-0.15, -0.1) is 5.10 Å². The number of hydrogen-bond donors (Lipinski definition) is 1. The van der Waals surface area contributed by atoms with Gasteiger partial charge in [-0.2, -0.15) is 9.36 Å². The van der Waals surface area contributed by atoms with Gasteiger partial charge in [-0.3, -0.25) is 10.1 Å². The van der Waals surface area contributed by atoms with Gasteiger partial charge in [0.2, 0.25) is 5.13 Å². The fourth-order valence-corrected chi connectivity index (χ4v) is 3.34. The van der Waals surface area contributed by atoms with E-state index in [1.165, 1.54) is 0 Å². The highest BCUT2D eigenvalue weighted by molar-refractivity contribution is 7.10. The highest BCUT2D eigenvalue weighted by Gasteiger charge is 2.18. The second-order valence-electron chi connectivity index (χ2n) is 6.02. The van der Waals surface area contributed by atoms with Crippen molar-refractivity contribution in [1.29, 1.82) is 0 Å². The van der Waals surface area contributed by atoms with E-state index in [4.69, 9.17) is 16.3 Å². The summed E-state index contributed by atoms with van der Waals surface area (Å²) in [6, 6.07) is 14.1. The molecule has 2 aromatic heterocycles. The van der Waals surface area contributed by atoms with Crippen molar-refractivity contribution >= 4 is 34.2 Å². The summed E-state index contributed by atoms with van der Waals surface area (Å²) >= 11 is 6.93. The van der Waals surface area contributed by atoms with Gasteiger partial charge in [0.25, 0.3) is 5.91 Å². The zero-order valence-corrected chi connectivity index (χ0v) is 17.0. The van der Waals surface area contributed by atoms with Gasteiger partial charge in [0.1, 0.15) is 5.75 Å². The van der Waals surface area contributed by atoms with Crippen molar-refractivity contribution in [3.63, 3.8) is 0 Å². The van der Waals surface area contributed by atoms with E-state index in [9.17, 15) is 4.79 Å². The van der Waals surface area contributed by atoms with Gasteiger partial charge >= 0.3 is 0 Å². The molecule has 2 heterocycles. The monoisotopic (exact) mass is 426 g/mol. The lowest BCUT2D eigenvalue weighted by molar-refractivity contribution is 0.102. The molecule has 0 spiro atoms. The topological polar surface area (TPSA) is 94.8 Å². The zero-order chi connectivity index (χ0) is 20.4. The van der Waals surface area contributed by atoms with Gasteiger partial charge in [0, 0.05) is 22.1 Å². The number of halogens is 1. The SMILES string of the molecule is COc1ccc(-n2nnc(-c3nsc(NC(=O)c4ccc(Cl)cc4)n3)c2C)cc1. The Bertz CT molecular complexity index is 1150. The molecule has 1 N–H and O–H groups in total. The van der Waals surface area contributed by atoms with Gasteiger partial charge in [-0.05, 0) is 55.5 Å². The fourth-order valence-electron chi connectivity index (χ4n) is 2.65. The molecule has 0 bridgehead atoms. The Hall–Kier alpha value is -3.30. The first-order valence-electron chi connectivity index (χ1n) is 8.53. The number of carbonyl (C=O) groups is 1. The Balaban J connectivity index is 1.54. The second kappa shape index (κ2) is 7.98. The molecule has 2 aromatic carbocycles. The molecule has 0 atom stereocenters. The first kappa shape index (κ1) is 19.0. The zero-order valence-electron chi connectivity index (χ0n) is 15.5. The van der Waals surface area contributed by atoms with Crippen molar-refractivity contribution in [2.45, 2.75) is 6.92 Å². The number of ether oxygens (including phenoxy) is 1. The Labute approximate surface area is 175 Å². The van der Waals surface area contributed by atoms with E-state index in [2.05, 4.69) is 25.0 Å². The predicted octanol–water partition coefficient (Wildman–Crippen LogP) is 4.01. The maximum absolute atomic E-state index is 12.3. The quantitative estimate of drug-likeness (QED) is 0.518. The number of anilines is 1. The van der Waals surface area contributed by atoms with Crippen LogP contribution in [0.3, 0.4) is 0 Å². The minimum absolute atomic E-state index is 0.289. The van der Waals surface area contributed by atoms with E-state index < -0.39 is 0 Å². The molecule has 0 saturated heterocycles. The third-order valence-electron chi connectivity index (χ3n) is 4.18. The molecule has 0 radical (unpaired) electrons. The number of amides is 1. The van der Waals surface area contributed by atoms with Crippen LogP contribution in [-0.4, -0.2) is 37.4 Å². The Morgan fingerprint density at radius 3 is 2.55 bits per heavy atom. The van der Waals surface area contributed by atoms with Crippen LogP contribution in [-0.2, 0) is 0 Å². The first-order valence-corrected chi connectivity index (χ1v) is 9.68. The molecule has 146 valence electrons. The third kappa shape index (κ3) is 3.96. The molecular weight excluding hydrogens is 412 g/mol. The fraction of sp³-hybridized carbons (Fsp3) is 0.105. The second-order valence-corrected chi connectivity index (χ2v) is 7.21. The highest BCUT2D eigenvalue weighted by Crippen LogP contribution is 2.25. The summed E-state index contributed by atoms with van der Waals surface area (Å²) in [5.74, 6) is 0.871. The summed E-state index contributed by atoms with van der Waals surface area (Å²) in [4.78, 5) is 16.7. The van der Waals surface area contributed by atoms with Crippen LogP contribution in [0.15, 0.2) is 48.5 Å². The van der Waals surface area contributed by atoms with Gasteiger partial charge in [-0.25, -0.2) is 4.68 Å². The number of benzene rings is 2. The molecule has 8 nitrogen and oxygen atoms in total. The van der Waals surface area contributed by atoms with Crippen LogP contribution in [0.4, 0.5) is 5.13 Å². The normalized spacial score (nSPS) is 10.7. The minimum atomic E-state index is -0.289. The molecule has 0 aliphatic rings. The van der Waals surface area contributed by atoms with E-state index in [0.717, 1.165) is 28.7 Å². The number of rotatable bonds is 5. The predicted molar refractivity (Wildman–Crippen MR) is 111 cm³/mol. The molecule has 4 rings (SSSR count). The molecule has 0 aliphatic heterocycles. The van der Waals surface area contributed by atoms with E-state index >= 15 is 0 Å². The summed E-state index contributed by atoms with van der Waals surface area (Å²) < 4.78 is 11.2. The van der Waals surface area contributed by atoms with Crippen molar-refractivity contribution in [2.24, 2.45) is 0 Å². The number of carbonyl (C=O) groups excluding carboxylic acids is 1. The molecule has 1 amide bonds. The highest BCUT2D eigenvalue weighted by atomic mass is 35.5. The number of aromatic nitrogens is 5. The average molecular weight is 427 g/mol. The van der Waals surface area contributed by atoms with Gasteiger partial charge in [0.15, 0.2) is 11.5 Å². The van der Waals surface area contributed by atoms with Crippen LogP contribution in [0.1, 0.15) is 16.1 Å². The van der Waals surface area contributed by atoms with Crippen molar-refractivity contribution in [3.8, 4) is 23.0 Å². The first-order chi connectivity index (χ1) is 14.0. The van der Waals surface area contributed by atoms with E-state index in [-0.39, 0.29) is 5.91 Å². The molecule has 0 aliphatic carbocycles. The molecule has 0 fully saturated rings. The van der Waals surface area contributed by atoms with E-state index in [1.54, 1.807) is 36.1 Å². The molecular formula is C19H15ClN6O2S. The van der Waals surface area contributed by atoms with Gasteiger partial charge in [-0.1, -0.05) is 16.8 Å². The maximum Gasteiger partial charge on any atom is 0.257 e. The van der Waals surface area contributed by atoms with Crippen molar-refractivity contribution in [2.75, 3.05) is 12.4 Å². The molecule has 29 heavy (non-hydrogen) atoms. The van der Waals surface area contributed by atoms with Crippen LogP contribution in [0.2, 0.25) is 5.02 Å². The van der Waals surface area contributed by atoms with Crippen molar-refractivity contribution in [3.05, 3.63) is 64.8 Å². The number of nitrogens with zero attached hydrogens (tertiary/aromatic N) is 5. The summed E-state index contributed by atoms with van der Waals surface area (Å²) in [5.41, 5.74) is 2.65. The lowest BCUT2D eigenvalue weighted by Crippen LogP contribution is -2.11. The number of methoxy groups -OCH3 is 1. The van der Waals surface area contributed by atoms with Crippen LogP contribution in [0, 0.1) is 6.92 Å². The molecule has 4 aromatic rings. The minimum Gasteiger partial charge on any atom is -0.497 e. The van der Waals surface area contributed by atoms with E-state index in [1.807, 2.05) is 31.2 Å². The Kier molecular flexibility index (Phi) is 5.24. The molecule has 0 saturated carbocycles. The molecule has 10 heteroatoms. The van der Waals surface area contributed by atoms with Crippen LogP contribution < -0.4 is 10.1 Å². The number of nitrogens with one attached hydrogen (secondary N) is 1. The summed E-state index contributed by atoms with van der Waals surface area (Å²) in [6.45, 7) is 1.88.